The number of hydrogen-bond acceptors (Lipinski definition) is 5. The predicted molar refractivity (Wildman–Crippen MR) is 101 cm³/mol. The van der Waals surface area contributed by atoms with Crippen LogP contribution in [0.15, 0.2) is 54.1 Å². The average Bonchev–Trinajstić information content (AvgIpc) is 2.67. The third-order valence-corrected chi connectivity index (χ3v) is 4.25. The van der Waals surface area contributed by atoms with Crippen LogP contribution in [0.25, 0.3) is 0 Å². The summed E-state index contributed by atoms with van der Waals surface area (Å²) in [6, 6.07) is 9.83. The van der Waals surface area contributed by atoms with E-state index >= 15 is 0 Å². The van der Waals surface area contributed by atoms with Gasteiger partial charge in [0, 0.05) is 13.0 Å². The van der Waals surface area contributed by atoms with Crippen molar-refractivity contribution in [3.8, 4) is 0 Å². The second-order valence-corrected chi connectivity index (χ2v) is 6.48. The van der Waals surface area contributed by atoms with Crippen molar-refractivity contribution in [3.05, 3.63) is 59.7 Å². The summed E-state index contributed by atoms with van der Waals surface area (Å²) in [6.07, 6.45) is 4.24. The van der Waals surface area contributed by atoms with Crippen molar-refractivity contribution in [2.24, 2.45) is 0 Å². The molecule has 2 N–H and O–H groups in total. The van der Waals surface area contributed by atoms with Crippen molar-refractivity contribution >= 4 is 0 Å². The molecule has 1 aromatic rings. The van der Waals surface area contributed by atoms with Crippen molar-refractivity contribution < 1.29 is 24.4 Å². The second kappa shape index (κ2) is 12.0. The van der Waals surface area contributed by atoms with Crippen molar-refractivity contribution in [1.29, 1.82) is 0 Å². The number of ether oxygens (including phenoxy) is 3. The van der Waals surface area contributed by atoms with Crippen LogP contribution in [-0.2, 0) is 20.8 Å². The number of aliphatic hydroxyl groups excluding tert-OH is 2. The normalized spacial score (nSPS) is 19.3. The van der Waals surface area contributed by atoms with Gasteiger partial charge in [0.2, 0.25) is 0 Å². The maximum atomic E-state index is 10.2. The van der Waals surface area contributed by atoms with Gasteiger partial charge in [0.1, 0.15) is 0 Å². The number of aliphatic hydroxyl groups is 2. The number of hydrogen-bond donors (Lipinski definition) is 2. The molecule has 2 rings (SSSR count). The Morgan fingerprint density at radius 2 is 2.12 bits per heavy atom. The standard InChI is InChI=1S/C21H30O5/c1-17(14-26-21-9-5-6-12-25-21)19(10-11-22)13-20(23)16-24-15-18-7-3-2-4-8-18/h2-4,7-8,10,20-23H,1,5-6,9,11-16H2/b19-10-. The Morgan fingerprint density at radius 3 is 2.81 bits per heavy atom. The minimum Gasteiger partial charge on any atom is -0.392 e. The van der Waals surface area contributed by atoms with Crippen molar-refractivity contribution in [3.63, 3.8) is 0 Å². The van der Waals surface area contributed by atoms with Crippen molar-refractivity contribution in [2.45, 2.75) is 44.7 Å². The van der Waals surface area contributed by atoms with Crippen LogP contribution < -0.4 is 0 Å². The fourth-order valence-electron chi connectivity index (χ4n) is 2.81. The van der Waals surface area contributed by atoms with E-state index in [1.165, 1.54) is 0 Å². The summed E-state index contributed by atoms with van der Waals surface area (Å²) in [5.74, 6) is 0. The van der Waals surface area contributed by atoms with Crippen LogP contribution in [0.2, 0.25) is 0 Å². The molecule has 0 aliphatic carbocycles. The van der Waals surface area contributed by atoms with Crippen molar-refractivity contribution in [2.75, 3.05) is 26.4 Å². The van der Waals surface area contributed by atoms with Crippen molar-refractivity contribution in [1.82, 2.24) is 0 Å². The third-order valence-electron chi connectivity index (χ3n) is 4.25. The molecule has 1 fully saturated rings. The lowest BCUT2D eigenvalue weighted by molar-refractivity contribution is -0.156. The van der Waals surface area contributed by atoms with E-state index in [0.29, 0.717) is 19.6 Å². The summed E-state index contributed by atoms with van der Waals surface area (Å²) in [5.41, 5.74) is 2.60. The predicted octanol–water partition coefficient (Wildman–Crippen LogP) is 2.97. The Bertz CT molecular complexity index is 549. The Balaban J connectivity index is 1.73. The quantitative estimate of drug-likeness (QED) is 0.593. The first-order valence-electron chi connectivity index (χ1n) is 9.20. The zero-order valence-electron chi connectivity index (χ0n) is 15.3. The van der Waals surface area contributed by atoms with Gasteiger partial charge in [0.25, 0.3) is 0 Å². The van der Waals surface area contributed by atoms with E-state index < -0.39 is 6.10 Å². The molecule has 5 heteroatoms. The number of rotatable bonds is 11. The molecule has 0 amide bonds. The molecule has 1 saturated heterocycles. The van der Waals surface area contributed by atoms with E-state index in [-0.39, 0.29) is 19.5 Å². The molecule has 5 nitrogen and oxygen atoms in total. The van der Waals surface area contributed by atoms with E-state index in [4.69, 9.17) is 14.2 Å². The van der Waals surface area contributed by atoms with E-state index in [0.717, 1.165) is 42.6 Å². The molecule has 1 aliphatic rings. The summed E-state index contributed by atoms with van der Waals surface area (Å²) in [7, 11) is 0. The van der Waals surface area contributed by atoms with Crippen LogP contribution in [0.5, 0.6) is 0 Å². The smallest absolute Gasteiger partial charge is 0.158 e. The van der Waals surface area contributed by atoms with Gasteiger partial charge in [-0.1, -0.05) is 43.0 Å². The molecule has 1 aromatic carbocycles. The molecule has 1 heterocycles. The molecule has 26 heavy (non-hydrogen) atoms. The largest absolute Gasteiger partial charge is 0.392 e. The highest BCUT2D eigenvalue weighted by molar-refractivity contribution is 5.29. The maximum Gasteiger partial charge on any atom is 0.158 e. The lowest BCUT2D eigenvalue weighted by atomic mass is 10.0. The fraction of sp³-hybridized carbons (Fsp3) is 0.524. The first kappa shape index (κ1) is 20.8. The molecule has 0 radical (unpaired) electrons. The van der Waals surface area contributed by atoms with Gasteiger partial charge in [0.15, 0.2) is 6.29 Å². The molecule has 0 aromatic heterocycles. The Morgan fingerprint density at radius 1 is 1.31 bits per heavy atom. The van der Waals surface area contributed by atoms with Crippen LogP contribution in [0.3, 0.4) is 0 Å². The zero-order chi connectivity index (χ0) is 18.6. The summed E-state index contributed by atoms with van der Waals surface area (Å²) >= 11 is 0. The van der Waals surface area contributed by atoms with E-state index in [1.807, 2.05) is 30.3 Å². The molecular weight excluding hydrogens is 332 g/mol. The summed E-state index contributed by atoms with van der Waals surface area (Å²) in [6.45, 7) is 5.66. The topological polar surface area (TPSA) is 68.2 Å². The van der Waals surface area contributed by atoms with Crippen LogP contribution in [0.4, 0.5) is 0 Å². The SMILES string of the molecule is C=C(COC1CCCCO1)/C(=C\CO)CC(O)COCc1ccccc1. The maximum absolute atomic E-state index is 10.2. The Kier molecular flexibility index (Phi) is 9.60. The highest BCUT2D eigenvalue weighted by atomic mass is 16.7. The summed E-state index contributed by atoms with van der Waals surface area (Å²) in [5, 5.41) is 19.5. The molecule has 1 aliphatic heterocycles. The van der Waals surface area contributed by atoms with Gasteiger partial charge >= 0.3 is 0 Å². The summed E-state index contributed by atoms with van der Waals surface area (Å²) < 4.78 is 16.9. The zero-order valence-corrected chi connectivity index (χ0v) is 15.3. The molecule has 144 valence electrons. The molecule has 0 saturated carbocycles. The molecule has 0 bridgehead atoms. The Labute approximate surface area is 155 Å². The monoisotopic (exact) mass is 362 g/mol. The summed E-state index contributed by atoms with van der Waals surface area (Å²) in [4.78, 5) is 0. The highest BCUT2D eigenvalue weighted by Gasteiger charge is 2.16. The van der Waals surface area contributed by atoms with Gasteiger partial charge in [-0.05, 0) is 36.0 Å². The molecular formula is C21H30O5. The molecule has 2 atom stereocenters. The van der Waals surface area contributed by atoms with Gasteiger partial charge in [-0.25, -0.2) is 0 Å². The average molecular weight is 362 g/mol. The minimum absolute atomic E-state index is 0.105. The number of benzene rings is 1. The van der Waals surface area contributed by atoms with E-state index in [2.05, 4.69) is 6.58 Å². The van der Waals surface area contributed by atoms with E-state index in [1.54, 1.807) is 6.08 Å². The second-order valence-electron chi connectivity index (χ2n) is 6.48. The van der Waals surface area contributed by atoms with Crippen LogP contribution >= 0.6 is 0 Å². The minimum atomic E-state index is -0.667. The lowest BCUT2D eigenvalue weighted by Crippen LogP contribution is -2.24. The van der Waals surface area contributed by atoms with Gasteiger partial charge in [-0.2, -0.15) is 0 Å². The van der Waals surface area contributed by atoms with Crippen LogP contribution in [0.1, 0.15) is 31.2 Å². The molecule has 2 unspecified atom stereocenters. The highest BCUT2D eigenvalue weighted by Crippen LogP contribution is 2.19. The van der Waals surface area contributed by atoms with Crippen LogP contribution in [-0.4, -0.2) is 49.0 Å². The van der Waals surface area contributed by atoms with Gasteiger partial charge in [-0.3, -0.25) is 0 Å². The lowest BCUT2D eigenvalue weighted by Gasteiger charge is -2.24. The first-order valence-corrected chi connectivity index (χ1v) is 9.20. The van der Waals surface area contributed by atoms with Crippen LogP contribution in [0, 0.1) is 0 Å². The van der Waals surface area contributed by atoms with E-state index in [9.17, 15) is 10.2 Å². The van der Waals surface area contributed by atoms with Gasteiger partial charge in [0.05, 0.1) is 32.5 Å². The molecule has 0 spiro atoms. The van der Waals surface area contributed by atoms with Gasteiger partial charge < -0.3 is 24.4 Å². The first-order chi connectivity index (χ1) is 12.7. The third kappa shape index (κ3) is 7.81. The fourth-order valence-corrected chi connectivity index (χ4v) is 2.81. The van der Waals surface area contributed by atoms with Gasteiger partial charge in [-0.15, -0.1) is 0 Å². The Hall–Kier alpha value is -1.50.